The molecular weight excluding hydrogens is 257 g/mol. The van der Waals surface area contributed by atoms with Gasteiger partial charge in [0.25, 0.3) is 5.69 Å². The number of hydrogen-bond donors (Lipinski definition) is 0. The first-order valence-electron chi connectivity index (χ1n) is 5.78. The number of methoxy groups -OCH3 is 1. The Hall–Kier alpha value is -1.73. The van der Waals surface area contributed by atoms with Crippen molar-refractivity contribution in [1.29, 1.82) is 0 Å². The van der Waals surface area contributed by atoms with Gasteiger partial charge in [-0.1, -0.05) is 0 Å². The van der Waals surface area contributed by atoms with Crippen molar-refractivity contribution in [1.82, 2.24) is 0 Å². The lowest BCUT2D eigenvalue weighted by molar-refractivity contribution is -0.385. The van der Waals surface area contributed by atoms with E-state index >= 15 is 0 Å². The van der Waals surface area contributed by atoms with Gasteiger partial charge in [-0.3, -0.25) is 10.1 Å². The van der Waals surface area contributed by atoms with Crippen molar-refractivity contribution in [2.45, 2.75) is 6.42 Å². The molecule has 0 saturated heterocycles. The first-order chi connectivity index (χ1) is 9.13. The van der Waals surface area contributed by atoms with Crippen LogP contribution in [0, 0.1) is 15.9 Å². The van der Waals surface area contributed by atoms with Crippen LogP contribution in [0.3, 0.4) is 0 Å². The van der Waals surface area contributed by atoms with Gasteiger partial charge in [-0.25, -0.2) is 4.39 Å². The highest BCUT2D eigenvalue weighted by molar-refractivity contribution is 5.38. The van der Waals surface area contributed by atoms with Gasteiger partial charge >= 0.3 is 0 Å². The lowest BCUT2D eigenvalue weighted by atomic mass is 10.3. The Balaban J connectivity index is 2.31. The second kappa shape index (κ2) is 8.39. The summed E-state index contributed by atoms with van der Waals surface area (Å²) in [5, 5.41) is 10.5. The molecule has 0 spiro atoms. The number of benzene rings is 1. The fourth-order valence-electron chi connectivity index (χ4n) is 1.33. The first-order valence-corrected chi connectivity index (χ1v) is 5.78. The lowest BCUT2D eigenvalue weighted by Gasteiger charge is -2.07. The Bertz CT molecular complexity index is 413. The van der Waals surface area contributed by atoms with Crippen molar-refractivity contribution >= 4 is 5.69 Å². The summed E-state index contributed by atoms with van der Waals surface area (Å²) >= 11 is 0. The van der Waals surface area contributed by atoms with Crippen molar-refractivity contribution in [3.8, 4) is 5.75 Å². The van der Waals surface area contributed by atoms with E-state index < -0.39 is 10.7 Å². The van der Waals surface area contributed by atoms with E-state index in [4.69, 9.17) is 14.2 Å². The smallest absolute Gasteiger partial charge is 0.276 e. The molecule has 7 heteroatoms. The maximum atomic E-state index is 13.1. The van der Waals surface area contributed by atoms with Gasteiger partial charge in [0.05, 0.1) is 36.9 Å². The summed E-state index contributed by atoms with van der Waals surface area (Å²) in [4.78, 5) is 9.87. The molecule has 1 aromatic rings. The van der Waals surface area contributed by atoms with Crippen LogP contribution in [-0.4, -0.2) is 38.5 Å². The van der Waals surface area contributed by atoms with E-state index in [-0.39, 0.29) is 11.4 Å². The minimum atomic E-state index is -0.694. The third-order valence-electron chi connectivity index (χ3n) is 2.20. The van der Waals surface area contributed by atoms with Crippen LogP contribution in [0.1, 0.15) is 6.42 Å². The van der Waals surface area contributed by atoms with Crippen LogP contribution in [0.25, 0.3) is 0 Å². The molecule has 0 aliphatic carbocycles. The molecule has 1 rings (SSSR count). The van der Waals surface area contributed by atoms with Crippen molar-refractivity contribution in [2.75, 3.05) is 33.5 Å². The van der Waals surface area contributed by atoms with Crippen molar-refractivity contribution < 1.29 is 23.5 Å². The normalized spacial score (nSPS) is 10.4. The standard InChI is InChI=1S/C12H16FNO5/c1-17-5-6-18-3-2-4-19-12-8-10(13)7-11(9-12)14(15)16/h7-9H,2-6H2,1H3. The second-order valence-corrected chi connectivity index (χ2v) is 3.71. The number of non-ortho nitro benzene ring substituents is 1. The fraction of sp³-hybridized carbons (Fsp3) is 0.500. The van der Waals surface area contributed by atoms with Crippen LogP contribution in [0.2, 0.25) is 0 Å². The van der Waals surface area contributed by atoms with Gasteiger partial charge in [0.2, 0.25) is 0 Å². The highest BCUT2D eigenvalue weighted by atomic mass is 19.1. The van der Waals surface area contributed by atoms with E-state index in [2.05, 4.69) is 0 Å². The Morgan fingerprint density at radius 1 is 1.21 bits per heavy atom. The summed E-state index contributed by atoms with van der Waals surface area (Å²) in [5.74, 6) is -0.552. The summed E-state index contributed by atoms with van der Waals surface area (Å²) in [5.41, 5.74) is -0.327. The zero-order chi connectivity index (χ0) is 14.1. The molecule has 1 aromatic carbocycles. The van der Waals surface area contributed by atoms with Gasteiger partial charge in [0.15, 0.2) is 0 Å². The van der Waals surface area contributed by atoms with Gasteiger partial charge in [-0.15, -0.1) is 0 Å². The SMILES string of the molecule is COCCOCCCOc1cc(F)cc([N+](=O)[O-])c1. The predicted octanol–water partition coefficient (Wildman–Crippen LogP) is 2.17. The van der Waals surface area contributed by atoms with Crippen LogP contribution in [-0.2, 0) is 9.47 Å². The lowest BCUT2D eigenvalue weighted by Crippen LogP contribution is -2.07. The quantitative estimate of drug-likeness (QED) is 0.392. The van der Waals surface area contributed by atoms with Crippen LogP contribution in [0.15, 0.2) is 18.2 Å². The van der Waals surface area contributed by atoms with Crippen LogP contribution in [0.4, 0.5) is 10.1 Å². The highest BCUT2D eigenvalue weighted by Crippen LogP contribution is 2.21. The van der Waals surface area contributed by atoms with E-state index in [0.29, 0.717) is 32.8 Å². The molecular formula is C12H16FNO5. The number of halogens is 1. The van der Waals surface area contributed by atoms with Crippen molar-refractivity contribution in [3.05, 3.63) is 34.1 Å². The summed E-state index contributed by atoms with van der Waals surface area (Å²) < 4.78 is 28.3. The highest BCUT2D eigenvalue weighted by Gasteiger charge is 2.10. The maximum absolute atomic E-state index is 13.1. The topological polar surface area (TPSA) is 70.8 Å². The Kier molecular flexibility index (Phi) is 6.76. The summed E-state index contributed by atoms with van der Waals surface area (Å²) in [7, 11) is 1.59. The van der Waals surface area contributed by atoms with E-state index in [0.717, 1.165) is 12.1 Å². The summed E-state index contributed by atoms with van der Waals surface area (Å²) in [6, 6.07) is 3.15. The Labute approximate surface area is 110 Å². The molecule has 0 N–H and O–H groups in total. The average Bonchev–Trinajstić information content (AvgIpc) is 2.37. The zero-order valence-corrected chi connectivity index (χ0v) is 10.6. The number of hydrogen-bond acceptors (Lipinski definition) is 5. The minimum Gasteiger partial charge on any atom is -0.493 e. The molecule has 0 unspecified atom stereocenters. The van der Waals surface area contributed by atoms with Gasteiger partial charge < -0.3 is 14.2 Å². The van der Waals surface area contributed by atoms with Crippen molar-refractivity contribution in [2.24, 2.45) is 0 Å². The molecule has 0 fully saturated rings. The number of rotatable bonds is 9. The molecule has 0 radical (unpaired) electrons. The van der Waals surface area contributed by atoms with Crippen LogP contribution >= 0.6 is 0 Å². The molecule has 0 aromatic heterocycles. The predicted molar refractivity (Wildman–Crippen MR) is 65.9 cm³/mol. The minimum absolute atomic E-state index is 0.142. The van der Waals surface area contributed by atoms with Gasteiger partial charge in [-0.05, 0) is 0 Å². The first kappa shape index (κ1) is 15.3. The van der Waals surface area contributed by atoms with E-state index in [1.165, 1.54) is 6.07 Å². The number of ether oxygens (including phenoxy) is 3. The zero-order valence-electron chi connectivity index (χ0n) is 10.6. The molecule has 0 aliphatic heterocycles. The molecule has 0 atom stereocenters. The maximum Gasteiger partial charge on any atom is 0.276 e. The monoisotopic (exact) mass is 273 g/mol. The molecule has 106 valence electrons. The molecule has 0 bridgehead atoms. The fourth-order valence-corrected chi connectivity index (χ4v) is 1.33. The van der Waals surface area contributed by atoms with E-state index in [1.54, 1.807) is 7.11 Å². The summed E-state index contributed by atoms with van der Waals surface area (Å²) in [6.07, 6.45) is 0.605. The average molecular weight is 273 g/mol. The van der Waals surface area contributed by atoms with E-state index in [1.807, 2.05) is 0 Å². The van der Waals surface area contributed by atoms with Crippen LogP contribution < -0.4 is 4.74 Å². The third-order valence-corrected chi connectivity index (χ3v) is 2.20. The summed E-state index contributed by atoms with van der Waals surface area (Å²) in [6.45, 7) is 1.81. The molecule has 0 saturated carbocycles. The Morgan fingerprint density at radius 2 is 2.00 bits per heavy atom. The second-order valence-electron chi connectivity index (χ2n) is 3.71. The number of nitro groups is 1. The number of nitrogens with zero attached hydrogens (tertiary/aromatic N) is 1. The largest absolute Gasteiger partial charge is 0.493 e. The molecule has 19 heavy (non-hydrogen) atoms. The van der Waals surface area contributed by atoms with Crippen molar-refractivity contribution in [3.63, 3.8) is 0 Å². The Morgan fingerprint density at radius 3 is 2.68 bits per heavy atom. The molecule has 0 aliphatic rings. The van der Waals surface area contributed by atoms with Gasteiger partial charge in [0, 0.05) is 26.2 Å². The van der Waals surface area contributed by atoms with Crippen LogP contribution in [0.5, 0.6) is 5.75 Å². The van der Waals surface area contributed by atoms with Gasteiger partial charge in [-0.2, -0.15) is 0 Å². The van der Waals surface area contributed by atoms with E-state index in [9.17, 15) is 14.5 Å². The molecule has 0 heterocycles. The van der Waals surface area contributed by atoms with Gasteiger partial charge in [0.1, 0.15) is 11.6 Å². The molecule has 6 nitrogen and oxygen atoms in total. The third kappa shape index (κ3) is 6.12. The molecule has 0 amide bonds. The number of nitro benzene ring substituents is 1.